The van der Waals surface area contributed by atoms with Crippen LogP contribution in [0.5, 0.6) is 23.0 Å². The Morgan fingerprint density at radius 3 is 2.46 bits per heavy atom. The van der Waals surface area contributed by atoms with E-state index in [1.165, 1.54) is 0 Å². The van der Waals surface area contributed by atoms with Crippen molar-refractivity contribution in [1.82, 2.24) is 4.98 Å². The van der Waals surface area contributed by atoms with Gasteiger partial charge in [-0.25, -0.2) is 0 Å². The summed E-state index contributed by atoms with van der Waals surface area (Å²) < 4.78 is 21.3. The maximum atomic E-state index is 12.5. The van der Waals surface area contributed by atoms with Crippen LogP contribution in [-0.4, -0.2) is 26.0 Å². The van der Waals surface area contributed by atoms with Crippen LogP contribution >= 0.6 is 0 Å². The lowest BCUT2D eigenvalue weighted by atomic mass is 10.1. The zero-order chi connectivity index (χ0) is 16.7. The summed E-state index contributed by atoms with van der Waals surface area (Å²) in [6.07, 6.45) is 0. The number of pyridine rings is 1. The fraction of sp³-hybridized carbons (Fsp3) is 0.167. The Balaban J connectivity index is 1.88. The predicted molar refractivity (Wildman–Crippen MR) is 89.2 cm³/mol. The molecule has 24 heavy (non-hydrogen) atoms. The van der Waals surface area contributed by atoms with Gasteiger partial charge in [-0.2, -0.15) is 0 Å². The third-order valence-electron chi connectivity index (χ3n) is 4.02. The Morgan fingerprint density at radius 1 is 0.958 bits per heavy atom. The van der Waals surface area contributed by atoms with E-state index >= 15 is 0 Å². The van der Waals surface area contributed by atoms with Crippen LogP contribution in [0.15, 0.2) is 41.2 Å². The van der Waals surface area contributed by atoms with Crippen molar-refractivity contribution in [2.45, 2.75) is 0 Å². The van der Waals surface area contributed by atoms with Crippen LogP contribution in [0, 0.1) is 0 Å². The molecule has 0 radical (unpaired) electrons. The molecule has 1 aliphatic heterocycles. The quantitative estimate of drug-likeness (QED) is 0.802. The number of methoxy groups -OCH3 is 2. The van der Waals surface area contributed by atoms with E-state index < -0.39 is 0 Å². The zero-order valence-corrected chi connectivity index (χ0v) is 13.2. The van der Waals surface area contributed by atoms with Gasteiger partial charge >= 0.3 is 0 Å². The lowest BCUT2D eigenvalue weighted by Crippen LogP contribution is -2.03. The molecule has 1 N–H and O–H groups in total. The van der Waals surface area contributed by atoms with Crippen LogP contribution in [0.2, 0.25) is 0 Å². The minimum Gasteiger partial charge on any atom is -0.493 e. The molecule has 0 spiro atoms. The van der Waals surface area contributed by atoms with Crippen molar-refractivity contribution in [2.75, 3.05) is 21.0 Å². The average molecular weight is 325 g/mol. The topological polar surface area (TPSA) is 69.8 Å². The summed E-state index contributed by atoms with van der Waals surface area (Å²) in [5.41, 5.74) is 2.11. The highest BCUT2D eigenvalue weighted by atomic mass is 16.7. The van der Waals surface area contributed by atoms with Gasteiger partial charge in [0.05, 0.1) is 19.7 Å². The molecule has 3 aromatic rings. The number of hydrogen-bond acceptors (Lipinski definition) is 5. The molecule has 2 aromatic carbocycles. The molecule has 0 aliphatic carbocycles. The van der Waals surface area contributed by atoms with E-state index in [1.54, 1.807) is 38.5 Å². The molecule has 0 saturated heterocycles. The van der Waals surface area contributed by atoms with Crippen LogP contribution in [-0.2, 0) is 0 Å². The molecule has 6 nitrogen and oxygen atoms in total. The zero-order valence-electron chi connectivity index (χ0n) is 13.2. The molecular weight excluding hydrogens is 310 g/mol. The van der Waals surface area contributed by atoms with Crippen molar-refractivity contribution >= 4 is 10.9 Å². The van der Waals surface area contributed by atoms with Crippen LogP contribution in [0.4, 0.5) is 0 Å². The summed E-state index contributed by atoms with van der Waals surface area (Å²) in [6.45, 7) is 0.169. The van der Waals surface area contributed by atoms with Crippen molar-refractivity contribution in [3.8, 4) is 34.3 Å². The minimum absolute atomic E-state index is 0.0909. The highest BCUT2D eigenvalue weighted by molar-refractivity contribution is 5.85. The number of fused-ring (bicyclic) bond motifs is 2. The summed E-state index contributed by atoms with van der Waals surface area (Å²) in [6, 6.07) is 10.5. The van der Waals surface area contributed by atoms with E-state index in [1.807, 2.05) is 12.1 Å². The molecule has 122 valence electrons. The van der Waals surface area contributed by atoms with E-state index in [2.05, 4.69) is 4.98 Å². The molecule has 0 unspecified atom stereocenters. The number of aromatic amines is 1. The summed E-state index contributed by atoms with van der Waals surface area (Å²) >= 11 is 0. The van der Waals surface area contributed by atoms with Gasteiger partial charge in [-0.1, -0.05) is 0 Å². The van der Waals surface area contributed by atoms with Gasteiger partial charge in [-0.05, 0) is 24.3 Å². The van der Waals surface area contributed by atoms with E-state index in [9.17, 15) is 4.79 Å². The second-order valence-electron chi connectivity index (χ2n) is 5.37. The maximum Gasteiger partial charge on any atom is 0.231 e. The van der Waals surface area contributed by atoms with Crippen molar-refractivity contribution < 1.29 is 18.9 Å². The second-order valence-corrected chi connectivity index (χ2v) is 5.37. The molecular formula is C18H15NO5. The number of H-pyrrole nitrogens is 1. The van der Waals surface area contributed by atoms with Gasteiger partial charge in [0.25, 0.3) is 0 Å². The second kappa shape index (κ2) is 5.49. The Morgan fingerprint density at radius 2 is 1.71 bits per heavy atom. The van der Waals surface area contributed by atoms with Gasteiger partial charge in [0.1, 0.15) is 0 Å². The van der Waals surface area contributed by atoms with Gasteiger partial charge in [-0.3, -0.25) is 4.79 Å². The van der Waals surface area contributed by atoms with Crippen LogP contribution in [0.3, 0.4) is 0 Å². The van der Waals surface area contributed by atoms with Crippen LogP contribution in [0.1, 0.15) is 0 Å². The molecule has 0 saturated carbocycles. The SMILES string of the molecule is COc1ccc(-c2cc(=O)c3cc4c(cc3[nH]2)OCO4)cc1OC. The van der Waals surface area contributed by atoms with E-state index in [0.717, 1.165) is 5.56 Å². The number of ether oxygens (including phenoxy) is 4. The largest absolute Gasteiger partial charge is 0.493 e. The molecule has 0 amide bonds. The average Bonchev–Trinajstić information content (AvgIpc) is 3.06. The molecule has 0 bridgehead atoms. The minimum atomic E-state index is -0.0909. The first-order valence-electron chi connectivity index (χ1n) is 7.38. The number of hydrogen-bond donors (Lipinski definition) is 1. The summed E-state index contributed by atoms with van der Waals surface area (Å²) in [7, 11) is 3.16. The molecule has 4 rings (SSSR count). The van der Waals surface area contributed by atoms with E-state index in [-0.39, 0.29) is 12.2 Å². The number of nitrogens with one attached hydrogen (secondary N) is 1. The molecule has 1 aliphatic rings. The van der Waals surface area contributed by atoms with Gasteiger partial charge in [0, 0.05) is 28.8 Å². The van der Waals surface area contributed by atoms with Crippen molar-refractivity contribution in [3.05, 3.63) is 46.6 Å². The molecule has 0 atom stereocenters. The fourth-order valence-electron chi connectivity index (χ4n) is 2.80. The normalized spacial score (nSPS) is 12.4. The van der Waals surface area contributed by atoms with Crippen LogP contribution in [0.25, 0.3) is 22.2 Å². The van der Waals surface area contributed by atoms with Gasteiger partial charge in [0.2, 0.25) is 6.79 Å². The summed E-state index contributed by atoms with van der Waals surface area (Å²) in [4.78, 5) is 15.7. The van der Waals surface area contributed by atoms with E-state index in [4.69, 9.17) is 18.9 Å². The highest BCUT2D eigenvalue weighted by Crippen LogP contribution is 2.36. The van der Waals surface area contributed by atoms with Crippen LogP contribution < -0.4 is 24.4 Å². The number of benzene rings is 2. The summed E-state index contributed by atoms with van der Waals surface area (Å²) in [5, 5.41) is 0.559. The lowest BCUT2D eigenvalue weighted by molar-refractivity contribution is 0.174. The third-order valence-corrected chi connectivity index (χ3v) is 4.02. The molecule has 6 heteroatoms. The van der Waals surface area contributed by atoms with Crippen molar-refractivity contribution in [3.63, 3.8) is 0 Å². The van der Waals surface area contributed by atoms with Crippen molar-refractivity contribution in [1.29, 1.82) is 0 Å². The van der Waals surface area contributed by atoms with Gasteiger partial charge in [-0.15, -0.1) is 0 Å². The standard InChI is InChI=1S/C18H15NO5/c1-21-15-4-3-10(5-16(15)22-2)12-7-14(20)11-6-17-18(24-9-23-17)8-13(11)19-12/h3-8H,9H2,1-2H3,(H,19,20). The van der Waals surface area contributed by atoms with Gasteiger partial charge in [0.15, 0.2) is 28.4 Å². The molecule has 1 aromatic heterocycles. The van der Waals surface area contributed by atoms with Gasteiger partial charge < -0.3 is 23.9 Å². The number of rotatable bonds is 3. The first-order chi connectivity index (χ1) is 11.7. The van der Waals surface area contributed by atoms with E-state index in [0.29, 0.717) is 39.6 Å². The molecule has 0 fully saturated rings. The maximum absolute atomic E-state index is 12.5. The molecule has 2 heterocycles. The predicted octanol–water partition coefficient (Wildman–Crippen LogP) is 2.94. The highest BCUT2D eigenvalue weighted by Gasteiger charge is 2.16. The monoisotopic (exact) mass is 325 g/mol. The smallest absolute Gasteiger partial charge is 0.231 e. The number of aromatic nitrogens is 1. The Labute approximate surface area is 137 Å². The Kier molecular flexibility index (Phi) is 3.30. The summed E-state index contributed by atoms with van der Waals surface area (Å²) in [5.74, 6) is 2.45. The fourth-order valence-corrected chi connectivity index (χ4v) is 2.80. The first-order valence-corrected chi connectivity index (χ1v) is 7.38. The van der Waals surface area contributed by atoms with Crippen molar-refractivity contribution in [2.24, 2.45) is 0 Å². The Hall–Kier alpha value is -3.15. The third kappa shape index (κ3) is 2.23. The first kappa shape index (κ1) is 14.4. The Bertz CT molecular complexity index is 993. The lowest BCUT2D eigenvalue weighted by Gasteiger charge is -2.10.